The maximum Gasteiger partial charge on any atom is 0.329 e. The van der Waals surface area contributed by atoms with Crippen molar-refractivity contribution in [3.05, 3.63) is 34.4 Å². The Balaban J connectivity index is 2.61. The molecule has 1 aromatic carbocycles. The third-order valence-electron chi connectivity index (χ3n) is 2.14. The molecule has 1 amide bonds. The van der Waals surface area contributed by atoms with Gasteiger partial charge in [-0.15, -0.1) is 0 Å². The van der Waals surface area contributed by atoms with E-state index in [1.807, 2.05) is 0 Å². The second kappa shape index (κ2) is 6.34. The maximum atomic E-state index is 10.8. The minimum absolute atomic E-state index is 0.0935. The van der Waals surface area contributed by atoms with Crippen LogP contribution in [0.5, 0.6) is 5.75 Å². The lowest BCUT2D eigenvalue weighted by atomic mass is 10.3. The van der Waals surface area contributed by atoms with Gasteiger partial charge in [-0.25, -0.2) is 4.79 Å². The highest BCUT2D eigenvalue weighted by Gasteiger charge is 2.19. The number of hydrogen-bond donors (Lipinski definition) is 2. The molecule has 0 aromatic heterocycles. The van der Waals surface area contributed by atoms with Gasteiger partial charge >= 0.3 is 5.97 Å². The number of nitro benzene ring substituents is 1. The Labute approximate surface area is 108 Å². The summed E-state index contributed by atoms with van der Waals surface area (Å²) in [5.74, 6) is -1.43. The molecule has 102 valence electrons. The molecule has 0 radical (unpaired) electrons. The summed E-state index contributed by atoms with van der Waals surface area (Å²) in [7, 11) is 0. The Morgan fingerprint density at radius 2 is 2.00 bits per heavy atom. The smallest absolute Gasteiger partial charge is 0.329 e. The van der Waals surface area contributed by atoms with Gasteiger partial charge in [-0.05, 0) is 12.1 Å². The maximum absolute atomic E-state index is 10.8. The van der Waals surface area contributed by atoms with Crippen LogP contribution in [0.2, 0.25) is 0 Å². The quantitative estimate of drug-likeness (QED) is 0.574. The van der Waals surface area contributed by atoms with E-state index in [4.69, 9.17) is 9.84 Å². The molecule has 0 aliphatic heterocycles. The average molecular weight is 268 g/mol. The highest BCUT2D eigenvalue weighted by atomic mass is 16.6. The molecule has 1 aromatic rings. The van der Waals surface area contributed by atoms with Crippen molar-refractivity contribution in [3.63, 3.8) is 0 Å². The van der Waals surface area contributed by atoms with Crippen molar-refractivity contribution >= 4 is 17.6 Å². The first-order valence-electron chi connectivity index (χ1n) is 5.27. The zero-order valence-corrected chi connectivity index (χ0v) is 10.0. The first kappa shape index (κ1) is 14.4. The molecule has 0 heterocycles. The zero-order valence-electron chi connectivity index (χ0n) is 10.0. The highest BCUT2D eigenvalue weighted by molar-refractivity contribution is 5.82. The Kier molecular flexibility index (Phi) is 4.81. The predicted octanol–water partition coefficient (Wildman–Crippen LogP) is 0.563. The van der Waals surface area contributed by atoms with E-state index in [9.17, 15) is 19.7 Å². The van der Waals surface area contributed by atoms with Crippen molar-refractivity contribution in [2.24, 2.45) is 0 Å². The predicted molar refractivity (Wildman–Crippen MR) is 63.8 cm³/mol. The topological polar surface area (TPSA) is 119 Å². The number of carboxylic acids is 1. The van der Waals surface area contributed by atoms with E-state index in [0.717, 1.165) is 0 Å². The number of rotatable bonds is 6. The lowest BCUT2D eigenvalue weighted by molar-refractivity contribution is -0.384. The summed E-state index contributed by atoms with van der Waals surface area (Å²) >= 11 is 0. The standard InChI is InChI=1S/C11H12N2O6/c1-7(14)12-10(11(15)16)6-19-9-4-2-8(3-5-9)13(17)18/h2-5,10H,6H2,1H3,(H,12,14)(H,15,16). The molecular formula is C11H12N2O6. The Hall–Kier alpha value is -2.64. The summed E-state index contributed by atoms with van der Waals surface area (Å²) in [5.41, 5.74) is -0.0935. The van der Waals surface area contributed by atoms with Gasteiger partial charge in [0.2, 0.25) is 5.91 Å². The van der Waals surface area contributed by atoms with Gasteiger partial charge in [0.25, 0.3) is 5.69 Å². The molecule has 0 fully saturated rings. The van der Waals surface area contributed by atoms with Crippen LogP contribution in [0, 0.1) is 10.1 Å². The van der Waals surface area contributed by atoms with Crippen LogP contribution in [0.4, 0.5) is 5.69 Å². The molecule has 2 N–H and O–H groups in total. The van der Waals surface area contributed by atoms with E-state index in [2.05, 4.69) is 5.32 Å². The van der Waals surface area contributed by atoms with Crippen molar-refractivity contribution in [1.82, 2.24) is 5.32 Å². The third kappa shape index (κ3) is 4.62. The molecular weight excluding hydrogens is 256 g/mol. The summed E-state index contributed by atoms with van der Waals surface area (Å²) in [6, 6.07) is 4.01. The third-order valence-corrected chi connectivity index (χ3v) is 2.14. The largest absolute Gasteiger partial charge is 0.491 e. The normalized spacial score (nSPS) is 11.4. The SMILES string of the molecule is CC(=O)NC(COc1ccc([N+](=O)[O-])cc1)C(=O)O. The number of non-ortho nitro benzene ring substituents is 1. The number of nitrogens with one attached hydrogen (secondary N) is 1. The number of benzene rings is 1. The van der Waals surface area contributed by atoms with Gasteiger partial charge in [0.1, 0.15) is 12.4 Å². The molecule has 1 unspecified atom stereocenters. The molecule has 0 saturated heterocycles. The lowest BCUT2D eigenvalue weighted by Gasteiger charge is -2.14. The Morgan fingerprint density at radius 3 is 2.42 bits per heavy atom. The lowest BCUT2D eigenvalue weighted by Crippen LogP contribution is -2.43. The van der Waals surface area contributed by atoms with E-state index in [1.165, 1.54) is 31.2 Å². The zero-order chi connectivity index (χ0) is 14.4. The minimum Gasteiger partial charge on any atom is -0.491 e. The monoisotopic (exact) mass is 268 g/mol. The van der Waals surface area contributed by atoms with Gasteiger partial charge in [0.05, 0.1) is 4.92 Å². The second-order valence-electron chi connectivity index (χ2n) is 3.65. The molecule has 8 heteroatoms. The van der Waals surface area contributed by atoms with Crippen molar-refractivity contribution < 1.29 is 24.4 Å². The van der Waals surface area contributed by atoms with Crippen LogP contribution in [-0.2, 0) is 9.59 Å². The number of nitrogens with zero attached hydrogens (tertiary/aromatic N) is 1. The van der Waals surface area contributed by atoms with E-state index in [0.29, 0.717) is 0 Å². The summed E-state index contributed by atoms with van der Waals surface area (Å²) in [6.07, 6.45) is 0. The number of nitro groups is 1. The molecule has 0 spiro atoms. The number of carboxylic acid groups (broad SMARTS) is 1. The number of carbonyl (C=O) groups is 2. The van der Waals surface area contributed by atoms with Crippen LogP contribution in [0.25, 0.3) is 0 Å². The van der Waals surface area contributed by atoms with Gasteiger partial charge in [-0.3, -0.25) is 14.9 Å². The summed E-state index contributed by atoms with van der Waals surface area (Å²) in [4.78, 5) is 31.5. The highest BCUT2D eigenvalue weighted by Crippen LogP contribution is 2.17. The fourth-order valence-corrected chi connectivity index (χ4v) is 1.26. The van der Waals surface area contributed by atoms with Crippen LogP contribution >= 0.6 is 0 Å². The molecule has 0 saturated carbocycles. The van der Waals surface area contributed by atoms with E-state index < -0.39 is 22.8 Å². The van der Waals surface area contributed by atoms with Crippen molar-refractivity contribution in [1.29, 1.82) is 0 Å². The molecule has 8 nitrogen and oxygen atoms in total. The van der Waals surface area contributed by atoms with Crippen LogP contribution in [0.1, 0.15) is 6.92 Å². The number of ether oxygens (including phenoxy) is 1. The summed E-state index contributed by atoms with van der Waals surface area (Å²) in [6.45, 7) is 0.925. The summed E-state index contributed by atoms with van der Waals surface area (Å²) in [5, 5.41) is 21.5. The van der Waals surface area contributed by atoms with Gasteiger partial charge < -0.3 is 15.2 Å². The van der Waals surface area contributed by atoms with Crippen LogP contribution in [-0.4, -0.2) is 34.6 Å². The minimum atomic E-state index is -1.22. The van der Waals surface area contributed by atoms with Gasteiger partial charge in [-0.2, -0.15) is 0 Å². The number of hydrogen-bond acceptors (Lipinski definition) is 5. The molecule has 0 aliphatic carbocycles. The average Bonchev–Trinajstić information content (AvgIpc) is 2.34. The number of carbonyl (C=O) groups excluding carboxylic acids is 1. The fourth-order valence-electron chi connectivity index (χ4n) is 1.26. The first-order valence-corrected chi connectivity index (χ1v) is 5.27. The molecule has 1 atom stereocenters. The number of amides is 1. The van der Waals surface area contributed by atoms with E-state index in [-0.39, 0.29) is 18.0 Å². The van der Waals surface area contributed by atoms with Crippen LogP contribution in [0.15, 0.2) is 24.3 Å². The van der Waals surface area contributed by atoms with E-state index >= 15 is 0 Å². The number of aliphatic carboxylic acids is 1. The van der Waals surface area contributed by atoms with Gasteiger partial charge in [-0.1, -0.05) is 0 Å². The fraction of sp³-hybridized carbons (Fsp3) is 0.273. The van der Waals surface area contributed by atoms with Crippen LogP contribution < -0.4 is 10.1 Å². The second-order valence-corrected chi connectivity index (χ2v) is 3.65. The van der Waals surface area contributed by atoms with E-state index in [1.54, 1.807) is 0 Å². The van der Waals surface area contributed by atoms with Crippen molar-refractivity contribution in [3.8, 4) is 5.75 Å². The Bertz CT molecular complexity index is 484. The molecule has 1 rings (SSSR count). The van der Waals surface area contributed by atoms with Crippen molar-refractivity contribution in [2.45, 2.75) is 13.0 Å². The first-order chi connectivity index (χ1) is 8.90. The Morgan fingerprint density at radius 1 is 1.42 bits per heavy atom. The van der Waals surface area contributed by atoms with Crippen LogP contribution in [0.3, 0.4) is 0 Å². The van der Waals surface area contributed by atoms with Gasteiger partial charge in [0.15, 0.2) is 6.04 Å². The summed E-state index contributed by atoms with van der Waals surface area (Å²) < 4.78 is 5.15. The molecule has 0 bridgehead atoms. The molecule has 19 heavy (non-hydrogen) atoms. The molecule has 0 aliphatic rings. The van der Waals surface area contributed by atoms with Gasteiger partial charge in [0, 0.05) is 19.1 Å². The van der Waals surface area contributed by atoms with Crippen molar-refractivity contribution in [2.75, 3.05) is 6.61 Å².